The first kappa shape index (κ1) is 20.0. The van der Waals surface area contributed by atoms with Gasteiger partial charge in [0.05, 0.1) is 28.4 Å². The number of thioether (sulfide) groups is 1. The highest BCUT2D eigenvalue weighted by molar-refractivity contribution is 7.99. The molecule has 0 N–H and O–H groups in total. The molecule has 1 aliphatic rings. The highest BCUT2D eigenvalue weighted by Gasteiger charge is 2.34. The quantitative estimate of drug-likeness (QED) is 0.590. The lowest BCUT2D eigenvalue weighted by Crippen LogP contribution is -2.28. The average molecular weight is 430 g/mol. The molecule has 1 aromatic heterocycles. The van der Waals surface area contributed by atoms with Gasteiger partial charge < -0.3 is 9.64 Å². The first-order chi connectivity index (χ1) is 13.7. The zero-order valence-electron chi connectivity index (χ0n) is 16.8. The molecule has 0 radical (unpaired) electrons. The van der Waals surface area contributed by atoms with E-state index >= 15 is 0 Å². The summed E-state index contributed by atoms with van der Waals surface area (Å²) >= 11 is 1.73. The van der Waals surface area contributed by atoms with Crippen LogP contribution in [0.3, 0.4) is 0 Å². The molecule has 2 aromatic carbocycles. The smallest absolute Gasteiger partial charge is 0.186 e. The van der Waals surface area contributed by atoms with Crippen LogP contribution < -0.4 is 9.64 Å². The highest BCUT2D eigenvalue weighted by Crippen LogP contribution is 2.44. The third-order valence-corrected chi connectivity index (χ3v) is 8.39. The van der Waals surface area contributed by atoms with Crippen molar-refractivity contribution in [1.82, 2.24) is 9.97 Å². The summed E-state index contributed by atoms with van der Waals surface area (Å²) in [5.74, 6) is 1.73. The second kappa shape index (κ2) is 7.18. The molecule has 152 valence electrons. The van der Waals surface area contributed by atoms with E-state index in [0.717, 1.165) is 5.69 Å². The van der Waals surface area contributed by atoms with E-state index in [9.17, 15) is 8.42 Å². The highest BCUT2D eigenvalue weighted by atomic mass is 32.2. The number of hydrogen-bond acceptors (Lipinski definition) is 7. The summed E-state index contributed by atoms with van der Waals surface area (Å²) in [5.41, 5.74) is 1.72. The fourth-order valence-electron chi connectivity index (χ4n) is 3.25. The van der Waals surface area contributed by atoms with Crippen molar-refractivity contribution in [2.24, 2.45) is 0 Å². The number of benzene rings is 2. The molecular weight excluding hydrogens is 406 g/mol. The molecule has 0 saturated carbocycles. The van der Waals surface area contributed by atoms with E-state index in [-0.39, 0.29) is 4.90 Å². The molecule has 0 unspecified atom stereocenters. The molecule has 0 fully saturated rings. The van der Waals surface area contributed by atoms with Crippen molar-refractivity contribution in [3.8, 4) is 5.75 Å². The Morgan fingerprint density at radius 1 is 1.17 bits per heavy atom. The predicted octanol–water partition coefficient (Wildman–Crippen LogP) is 4.80. The number of hydrogen-bond donors (Lipinski definition) is 0. The van der Waals surface area contributed by atoms with Gasteiger partial charge in [0, 0.05) is 16.3 Å². The lowest BCUT2D eigenvalue weighted by molar-refractivity contribution is 0.331. The molecule has 3 aromatic rings. The normalized spacial score (nSPS) is 14.3. The molecular formula is C21H23N3O3S2. The van der Waals surface area contributed by atoms with Crippen LogP contribution in [0.15, 0.2) is 52.5 Å². The van der Waals surface area contributed by atoms with Gasteiger partial charge in [-0.1, -0.05) is 12.1 Å². The van der Waals surface area contributed by atoms with Crippen LogP contribution in [0.1, 0.15) is 27.7 Å². The maximum atomic E-state index is 13.3. The summed E-state index contributed by atoms with van der Waals surface area (Å²) in [6, 6.07) is 11.5. The van der Waals surface area contributed by atoms with Gasteiger partial charge >= 0.3 is 0 Å². The molecule has 2 heterocycles. The van der Waals surface area contributed by atoms with Crippen molar-refractivity contribution < 1.29 is 13.2 Å². The molecule has 0 aliphatic carbocycles. The molecule has 0 bridgehead atoms. The Balaban J connectivity index is 1.97. The Kier molecular flexibility index (Phi) is 4.94. The van der Waals surface area contributed by atoms with Gasteiger partial charge in [-0.25, -0.2) is 18.4 Å². The number of nitrogens with zero attached hydrogens (tertiary/aromatic N) is 3. The van der Waals surface area contributed by atoms with Crippen LogP contribution in [0.2, 0.25) is 0 Å². The number of para-hydroxylation sites is 1. The van der Waals surface area contributed by atoms with Crippen LogP contribution in [0.4, 0.5) is 11.5 Å². The van der Waals surface area contributed by atoms with Crippen LogP contribution in [0, 0.1) is 0 Å². The molecule has 0 atom stereocenters. The first-order valence-corrected chi connectivity index (χ1v) is 11.9. The van der Waals surface area contributed by atoms with Gasteiger partial charge in [-0.2, -0.15) is 0 Å². The summed E-state index contributed by atoms with van der Waals surface area (Å²) in [4.78, 5) is 12.3. The van der Waals surface area contributed by atoms with Crippen molar-refractivity contribution in [1.29, 1.82) is 0 Å². The van der Waals surface area contributed by atoms with Crippen LogP contribution in [-0.4, -0.2) is 35.6 Å². The minimum atomic E-state index is -3.63. The molecule has 29 heavy (non-hydrogen) atoms. The van der Waals surface area contributed by atoms with Crippen molar-refractivity contribution in [3.63, 3.8) is 0 Å². The number of aromatic nitrogens is 2. The van der Waals surface area contributed by atoms with Crippen LogP contribution >= 0.6 is 11.8 Å². The summed E-state index contributed by atoms with van der Waals surface area (Å²) in [7, 11) is -3.63. The maximum absolute atomic E-state index is 13.3. The molecule has 0 amide bonds. The monoisotopic (exact) mass is 429 g/mol. The Labute approximate surface area is 175 Å². The van der Waals surface area contributed by atoms with Gasteiger partial charge in [-0.15, -0.1) is 11.8 Å². The maximum Gasteiger partial charge on any atom is 0.186 e. The Morgan fingerprint density at radius 3 is 2.66 bits per heavy atom. The van der Waals surface area contributed by atoms with Crippen LogP contribution in [-0.2, 0) is 9.84 Å². The lowest BCUT2D eigenvalue weighted by Gasteiger charge is -2.23. The van der Waals surface area contributed by atoms with Gasteiger partial charge in [0.2, 0.25) is 0 Å². The van der Waals surface area contributed by atoms with Gasteiger partial charge in [0.25, 0.3) is 0 Å². The first-order valence-electron chi connectivity index (χ1n) is 9.39. The standard InChI is InChI=1S/C21H23N3O3S2/c1-5-27-17-11-15-14(10-19(17)29(25,26)21(2,3)4)20(23-12-22-15)24-13-28-18-9-7-6-8-16(18)24/h6-12H,5,13H2,1-4H3. The van der Waals surface area contributed by atoms with Crippen molar-refractivity contribution in [2.45, 2.75) is 42.2 Å². The van der Waals surface area contributed by atoms with E-state index in [0.29, 0.717) is 35.0 Å². The topological polar surface area (TPSA) is 72.4 Å². The largest absolute Gasteiger partial charge is 0.492 e. The summed E-state index contributed by atoms with van der Waals surface area (Å²) in [6.07, 6.45) is 1.51. The van der Waals surface area contributed by atoms with E-state index < -0.39 is 14.6 Å². The third kappa shape index (κ3) is 3.34. The molecule has 0 saturated heterocycles. The Bertz CT molecular complexity index is 1190. The van der Waals surface area contributed by atoms with Gasteiger partial charge in [0.1, 0.15) is 22.8 Å². The summed E-state index contributed by atoms with van der Waals surface area (Å²) in [5, 5.41) is 0.691. The van der Waals surface area contributed by atoms with E-state index in [1.54, 1.807) is 44.7 Å². The second-order valence-electron chi connectivity index (χ2n) is 7.73. The van der Waals surface area contributed by atoms with Gasteiger partial charge in [-0.3, -0.25) is 0 Å². The summed E-state index contributed by atoms with van der Waals surface area (Å²) in [6.45, 7) is 7.28. The van der Waals surface area contributed by atoms with E-state index in [1.165, 1.54) is 11.2 Å². The van der Waals surface area contributed by atoms with Gasteiger partial charge in [-0.05, 0) is 45.9 Å². The lowest BCUT2D eigenvalue weighted by atomic mass is 10.2. The zero-order chi connectivity index (χ0) is 20.8. The Morgan fingerprint density at radius 2 is 1.93 bits per heavy atom. The van der Waals surface area contributed by atoms with Crippen molar-refractivity contribution in [2.75, 3.05) is 17.4 Å². The zero-order valence-corrected chi connectivity index (χ0v) is 18.5. The van der Waals surface area contributed by atoms with Crippen LogP contribution in [0.25, 0.3) is 10.9 Å². The van der Waals surface area contributed by atoms with E-state index in [4.69, 9.17) is 4.74 Å². The van der Waals surface area contributed by atoms with E-state index in [1.807, 2.05) is 25.1 Å². The summed E-state index contributed by atoms with van der Waals surface area (Å²) < 4.78 is 31.3. The number of anilines is 2. The number of ether oxygens (including phenoxy) is 1. The molecule has 8 heteroatoms. The minimum Gasteiger partial charge on any atom is -0.492 e. The fourth-order valence-corrected chi connectivity index (χ4v) is 5.60. The molecule has 0 spiro atoms. The molecule has 4 rings (SSSR count). The van der Waals surface area contributed by atoms with E-state index in [2.05, 4.69) is 20.9 Å². The SMILES string of the molecule is CCOc1cc2ncnc(N3CSc4ccccc43)c2cc1S(=O)(=O)C(C)(C)C. The number of rotatable bonds is 4. The number of fused-ring (bicyclic) bond motifs is 2. The average Bonchev–Trinajstić information content (AvgIpc) is 3.10. The van der Waals surface area contributed by atoms with Crippen molar-refractivity contribution >= 4 is 44.0 Å². The predicted molar refractivity (Wildman–Crippen MR) is 117 cm³/mol. The fraction of sp³-hybridized carbons (Fsp3) is 0.333. The third-order valence-electron chi connectivity index (χ3n) is 4.84. The second-order valence-corrected chi connectivity index (χ2v) is 11.4. The van der Waals surface area contributed by atoms with Crippen LogP contribution in [0.5, 0.6) is 5.75 Å². The van der Waals surface area contributed by atoms with Gasteiger partial charge in [0.15, 0.2) is 9.84 Å². The van der Waals surface area contributed by atoms with Crippen molar-refractivity contribution in [3.05, 3.63) is 42.7 Å². The minimum absolute atomic E-state index is 0.176. The Hall–Kier alpha value is -2.32. The number of sulfone groups is 1. The molecule has 1 aliphatic heterocycles. The molecule has 6 nitrogen and oxygen atoms in total.